The molecule has 0 aliphatic rings. The van der Waals surface area contributed by atoms with E-state index < -0.39 is 17.7 Å². The fourth-order valence-electron chi connectivity index (χ4n) is 1.44. The average molecular weight is 329 g/mol. The summed E-state index contributed by atoms with van der Waals surface area (Å²) in [6.45, 7) is 5.34. The molecule has 104 valence electrons. The van der Waals surface area contributed by atoms with Crippen LogP contribution in [0.2, 0.25) is 0 Å². The molecule has 1 atom stereocenters. The molecule has 1 aromatic heterocycles. The van der Waals surface area contributed by atoms with Crippen LogP contribution in [0.1, 0.15) is 38.8 Å². The van der Waals surface area contributed by atoms with Gasteiger partial charge in [0.25, 0.3) is 0 Å². The topological polar surface area (TPSA) is 68.3 Å². The second-order valence-corrected chi connectivity index (χ2v) is 5.95. The van der Waals surface area contributed by atoms with Crippen LogP contribution in [0.5, 0.6) is 0 Å². The second-order valence-electron chi connectivity index (χ2n) is 5.04. The Hall–Kier alpha value is -1.43. The van der Waals surface area contributed by atoms with E-state index in [9.17, 15) is 9.59 Å². The summed E-state index contributed by atoms with van der Waals surface area (Å²) in [6.07, 6.45) is 3.60. The number of ether oxygens (including phenoxy) is 1. The summed E-state index contributed by atoms with van der Waals surface area (Å²) >= 11 is 3.30. The van der Waals surface area contributed by atoms with E-state index in [1.807, 2.05) is 0 Å². The molecular weight excluding hydrogens is 312 g/mol. The largest absolute Gasteiger partial charge is 0.444 e. The molecule has 1 N–H and O–H groups in total. The van der Waals surface area contributed by atoms with Gasteiger partial charge in [0.15, 0.2) is 0 Å². The predicted octanol–water partition coefficient (Wildman–Crippen LogP) is 3.00. The van der Waals surface area contributed by atoms with Gasteiger partial charge in [-0.15, -0.1) is 0 Å². The third-order valence-electron chi connectivity index (χ3n) is 2.15. The molecule has 1 amide bonds. The third kappa shape index (κ3) is 5.83. The van der Waals surface area contributed by atoms with Gasteiger partial charge in [0.2, 0.25) is 0 Å². The molecule has 1 heterocycles. The SMILES string of the molecule is CC(C)(C)OC(=O)N[C@@H](CC=O)c1cncc(Br)c1. The van der Waals surface area contributed by atoms with E-state index >= 15 is 0 Å². The molecule has 6 heteroatoms. The molecule has 0 unspecified atom stereocenters. The Morgan fingerprint density at radius 1 is 1.53 bits per heavy atom. The normalized spacial score (nSPS) is 12.6. The molecule has 19 heavy (non-hydrogen) atoms. The monoisotopic (exact) mass is 328 g/mol. The molecule has 0 spiro atoms. The average Bonchev–Trinajstić information content (AvgIpc) is 2.26. The van der Waals surface area contributed by atoms with E-state index in [2.05, 4.69) is 26.2 Å². The van der Waals surface area contributed by atoms with Crippen LogP contribution in [0.4, 0.5) is 4.79 Å². The van der Waals surface area contributed by atoms with Crippen molar-refractivity contribution in [2.75, 3.05) is 0 Å². The maximum absolute atomic E-state index is 11.7. The lowest BCUT2D eigenvalue weighted by Crippen LogP contribution is -2.35. The van der Waals surface area contributed by atoms with E-state index in [0.29, 0.717) is 0 Å². The quantitative estimate of drug-likeness (QED) is 0.862. The van der Waals surface area contributed by atoms with Gasteiger partial charge in [-0.05, 0) is 48.3 Å². The van der Waals surface area contributed by atoms with Crippen LogP contribution in [-0.4, -0.2) is 23.0 Å². The number of halogens is 1. The number of rotatable bonds is 4. The number of pyridine rings is 1. The van der Waals surface area contributed by atoms with E-state index in [4.69, 9.17) is 4.74 Å². The van der Waals surface area contributed by atoms with Crippen LogP contribution in [0.3, 0.4) is 0 Å². The molecule has 0 saturated carbocycles. The minimum atomic E-state index is -0.578. The number of alkyl carbamates (subject to hydrolysis) is 1. The molecule has 0 aromatic carbocycles. The van der Waals surface area contributed by atoms with Crippen LogP contribution < -0.4 is 5.32 Å². The Morgan fingerprint density at radius 3 is 2.74 bits per heavy atom. The Morgan fingerprint density at radius 2 is 2.21 bits per heavy atom. The van der Waals surface area contributed by atoms with Crippen molar-refractivity contribution >= 4 is 28.3 Å². The lowest BCUT2D eigenvalue weighted by atomic mass is 10.1. The number of carbonyl (C=O) groups excluding carboxylic acids is 2. The van der Waals surface area contributed by atoms with Crippen molar-refractivity contribution in [1.82, 2.24) is 10.3 Å². The number of hydrogen-bond acceptors (Lipinski definition) is 4. The zero-order valence-electron chi connectivity index (χ0n) is 11.1. The van der Waals surface area contributed by atoms with Crippen molar-refractivity contribution in [3.8, 4) is 0 Å². The highest BCUT2D eigenvalue weighted by Crippen LogP contribution is 2.19. The highest BCUT2D eigenvalue weighted by Gasteiger charge is 2.20. The third-order valence-corrected chi connectivity index (χ3v) is 2.58. The molecule has 1 aromatic rings. The van der Waals surface area contributed by atoms with Gasteiger partial charge in [0.1, 0.15) is 11.9 Å². The van der Waals surface area contributed by atoms with Crippen molar-refractivity contribution in [3.63, 3.8) is 0 Å². The number of nitrogens with zero attached hydrogens (tertiary/aromatic N) is 1. The number of nitrogens with one attached hydrogen (secondary N) is 1. The second kappa shape index (κ2) is 6.65. The van der Waals surface area contributed by atoms with Crippen molar-refractivity contribution in [3.05, 3.63) is 28.5 Å². The predicted molar refractivity (Wildman–Crippen MR) is 74.7 cm³/mol. The van der Waals surface area contributed by atoms with Crippen LogP contribution in [0.15, 0.2) is 22.9 Å². The van der Waals surface area contributed by atoms with Crippen molar-refractivity contribution < 1.29 is 14.3 Å². The van der Waals surface area contributed by atoms with Crippen molar-refractivity contribution in [2.24, 2.45) is 0 Å². The lowest BCUT2D eigenvalue weighted by Gasteiger charge is -2.23. The number of carbonyl (C=O) groups is 2. The highest BCUT2D eigenvalue weighted by atomic mass is 79.9. The summed E-state index contributed by atoms with van der Waals surface area (Å²) in [5.41, 5.74) is 0.165. The van der Waals surface area contributed by atoms with E-state index in [0.717, 1.165) is 16.3 Å². The van der Waals surface area contributed by atoms with Gasteiger partial charge in [-0.25, -0.2) is 4.79 Å². The van der Waals surface area contributed by atoms with Gasteiger partial charge in [-0.3, -0.25) is 4.98 Å². The summed E-state index contributed by atoms with van der Waals surface area (Å²) in [5, 5.41) is 2.66. The minimum Gasteiger partial charge on any atom is -0.444 e. The molecule has 0 fully saturated rings. The first-order chi connectivity index (χ1) is 8.81. The van der Waals surface area contributed by atoms with Crippen LogP contribution in [0.25, 0.3) is 0 Å². The molecule has 0 saturated heterocycles. The van der Waals surface area contributed by atoms with E-state index in [1.54, 1.807) is 39.2 Å². The molecule has 0 aliphatic heterocycles. The van der Waals surface area contributed by atoms with Gasteiger partial charge in [0, 0.05) is 23.3 Å². The smallest absolute Gasteiger partial charge is 0.408 e. The Balaban J connectivity index is 2.78. The van der Waals surface area contributed by atoms with Gasteiger partial charge in [-0.1, -0.05) is 0 Å². The standard InChI is InChI=1S/C13H17BrN2O3/c1-13(2,3)19-12(18)16-11(4-5-17)9-6-10(14)8-15-7-9/h5-8,11H,4H2,1-3H3,(H,16,18)/t11-/m0/s1. The fourth-order valence-corrected chi connectivity index (χ4v) is 1.83. The summed E-state index contributed by atoms with van der Waals surface area (Å²) in [4.78, 5) is 26.5. The number of amides is 1. The van der Waals surface area contributed by atoms with Crippen LogP contribution in [0, 0.1) is 0 Å². The molecule has 0 aliphatic carbocycles. The van der Waals surface area contributed by atoms with Gasteiger partial charge >= 0.3 is 6.09 Å². The Kier molecular flexibility index (Phi) is 5.47. The molecule has 0 radical (unpaired) electrons. The first-order valence-corrected chi connectivity index (χ1v) is 6.65. The van der Waals surface area contributed by atoms with Crippen LogP contribution in [-0.2, 0) is 9.53 Å². The first kappa shape index (κ1) is 15.6. The van der Waals surface area contributed by atoms with Gasteiger partial charge in [0.05, 0.1) is 6.04 Å². The lowest BCUT2D eigenvalue weighted by molar-refractivity contribution is -0.108. The van der Waals surface area contributed by atoms with Crippen molar-refractivity contribution in [1.29, 1.82) is 0 Å². The molecular formula is C13H17BrN2O3. The summed E-state index contributed by atoms with van der Waals surface area (Å²) in [5.74, 6) is 0. The van der Waals surface area contributed by atoms with E-state index in [-0.39, 0.29) is 6.42 Å². The highest BCUT2D eigenvalue weighted by molar-refractivity contribution is 9.10. The van der Waals surface area contributed by atoms with E-state index in [1.165, 1.54) is 0 Å². The minimum absolute atomic E-state index is 0.164. The molecule has 0 bridgehead atoms. The summed E-state index contributed by atoms with van der Waals surface area (Å²) < 4.78 is 5.95. The zero-order chi connectivity index (χ0) is 14.5. The maximum Gasteiger partial charge on any atom is 0.408 e. The van der Waals surface area contributed by atoms with Crippen molar-refractivity contribution in [2.45, 2.75) is 38.8 Å². The number of aromatic nitrogens is 1. The maximum atomic E-state index is 11.7. The number of hydrogen-bond donors (Lipinski definition) is 1. The Bertz CT molecular complexity index is 457. The molecule has 1 rings (SSSR count). The van der Waals surface area contributed by atoms with Gasteiger partial charge < -0.3 is 14.8 Å². The summed E-state index contributed by atoms with van der Waals surface area (Å²) in [7, 11) is 0. The zero-order valence-corrected chi connectivity index (χ0v) is 12.7. The summed E-state index contributed by atoms with van der Waals surface area (Å²) in [6, 6.07) is 1.36. The number of aldehydes is 1. The van der Waals surface area contributed by atoms with Crippen LogP contribution >= 0.6 is 15.9 Å². The van der Waals surface area contributed by atoms with Gasteiger partial charge in [-0.2, -0.15) is 0 Å². The Labute approximate surface area is 120 Å². The molecule has 5 nitrogen and oxygen atoms in total. The fraction of sp³-hybridized carbons (Fsp3) is 0.462. The first-order valence-electron chi connectivity index (χ1n) is 5.85.